The van der Waals surface area contributed by atoms with E-state index in [1.54, 1.807) is 0 Å². The number of benzene rings is 9. The van der Waals surface area contributed by atoms with Crippen LogP contribution in [0.5, 0.6) is 0 Å². The molecular formula is C57H39N3. The van der Waals surface area contributed by atoms with Crippen LogP contribution in [0.15, 0.2) is 200 Å². The Morgan fingerprint density at radius 1 is 0.383 bits per heavy atom. The molecule has 2 heterocycles. The summed E-state index contributed by atoms with van der Waals surface area (Å²) >= 11 is 0. The summed E-state index contributed by atoms with van der Waals surface area (Å²) in [5.41, 5.74) is 16.1. The zero-order valence-electron chi connectivity index (χ0n) is 33.4. The molecule has 0 saturated carbocycles. The molecule has 0 atom stereocenters. The maximum absolute atomic E-state index is 5.33. The molecule has 9 aromatic carbocycles. The average molecular weight is 766 g/mol. The molecule has 3 heteroatoms. The van der Waals surface area contributed by atoms with Crippen molar-refractivity contribution in [1.82, 2.24) is 14.5 Å². The minimum atomic E-state index is -0.121. The van der Waals surface area contributed by atoms with Gasteiger partial charge in [-0.25, -0.2) is 9.97 Å². The van der Waals surface area contributed by atoms with Gasteiger partial charge < -0.3 is 4.57 Å². The predicted octanol–water partition coefficient (Wildman–Crippen LogP) is 14.9. The lowest BCUT2D eigenvalue weighted by atomic mass is 9.81. The molecule has 11 aromatic rings. The Morgan fingerprint density at radius 3 is 1.82 bits per heavy atom. The molecule has 2 aromatic heterocycles. The molecule has 3 nitrogen and oxygen atoms in total. The van der Waals surface area contributed by atoms with E-state index in [0.29, 0.717) is 5.82 Å². The zero-order valence-corrected chi connectivity index (χ0v) is 33.4. The van der Waals surface area contributed by atoms with Crippen molar-refractivity contribution in [1.29, 1.82) is 0 Å². The highest BCUT2D eigenvalue weighted by Gasteiger charge is 2.37. The van der Waals surface area contributed by atoms with Crippen LogP contribution in [0.25, 0.3) is 105 Å². The fourth-order valence-electron chi connectivity index (χ4n) is 9.89. The SMILES string of the molecule is CC1(C)c2cc3ccccc3cc2-c2c(-c3ccc(-c4cc(-c5ccc6c7ccccc7n(-c7ccccc7)c6c5)nc(-c5ccccc5)n4)c4ccccc34)cccc21. The van der Waals surface area contributed by atoms with E-state index in [1.807, 2.05) is 6.07 Å². The topological polar surface area (TPSA) is 30.7 Å². The fourth-order valence-corrected chi connectivity index (χ4v) is 9.89. The van der Waals surface area contributed by atoms with Gasteiger partial charge in [0.05, 0.1) is 22.4 Å². The molecule has 0 unspecified atom stereocenters. The van der Waals surface area contributed by atoms with E-state index in [1.165, 1.54) is 65.8 Å². The van der Waals surface area contributed by atoms with Gasteiger partial charge in [-0.1, -0.05) is 172 Å². The first-order valence-corrected chi connectivity index (χ1v) is 20.7. The van der Waals surface area contributed by atoms with Gasteiger partial charge in [-0.2, -0.15) is 0 Å². The molecule has 0 amide bonds. The Labute approximate surface area is 348 Å². The molecule has 0 saturated heterocycles. The molecule has 0 fully saturated rings. The summed E-state index contributed by atoms with van der Waals surface area (Å²) in [5.74, 6) is 0.701. The van der Waals surface area contributed by atoms with Crippen LogP contribution >= 0.6 is 0 Å². The molecule has 0 aliphatic heterocycles. The highest BCUT2D eigenvalue weighted by Crippen LogP contribution is 2.54. The van der Waals surface area contributed by atoms with Crippen LogP contribution in [0.2, 0.25) is 0 Å². The van der Waals surface area contributed by atoms with E-state index < -0.39 is 0 Å². The molecule has 12 rings (SSSR count). The number of aromatic nitrogens is 3. The fraction of sp³-hybridized carbons (Fsp3) is 0.0526. The van der Waals surface area contributed by atoms with E-state index >= 15 is 0 Å². The van der Waals surface area contributed by atoms with E-state index in [2.05, 4.69) is 213 Å². The lowest BCUT2D eigenvalue weighted by Gasteiger charge is -2.22. The molecule has 282 valence electrons. The van der Waals surface area contributed by atoms with Crippen LogP contribution in [0.4, 0.5) is 0 Å². The summed E-state index contributed by atoms with van der Waals surface area (Å²) in [6.07, 6.45) is 0. The van der Waals surface area contributed by atoms with Crippen molar-refractivity contribution in [2.75, 3.05) is 0 Å². The smallest absolute Gasteiger partial charge is 0.160 e. The standard InChI is InChI=1S/C57H39N3/c1-57(2)49-26-15-25-47(55(49)48-32-37-18-9-10-19-38(37)33-50(48)57)43-30-31-44(42-23-12-11-22-41(42)43)52-35-51(58-56(59-52)36-16-5-3-6-17-36)39-28-29-46-45-24-13-14-27-53(45)60(54(46)34-39)40-20-7-4-8-21-40/h3-35H,1-2H3. The summed E-state index contributed by atoms with van der Waals surface area (Å²) < 4.78 is 2.36. The quantitative estimate of drug-likeness (QED) is 0.175. The van der Waals surface area contributed by atoms with Gasteiger partial charge in [0.15, 0.2) is 5.82 Å². The van der Waals surface area contributed by atoms with Crippen molar-refractivity contribution in [2.24, 2.45) is 0 Å². The number of para-hydroxylation sites is 2. The summed E-state index contributed by atoms with van der Waals surface area (Å²) in [6.45, 7) is 4.74. The van der Waals surface area contributed by atoms with Crippen LogP contribution in [0.3, 0.4) is 0 Å². The number of rotatable bonds is 5. The Morgan fingerprint density at radius 2 is 1.02 bits per heavy atom. The highest BCUT2D eigenvalue weighted by molar-refractivity contribution is 6.11. The highest BCUT2D eigenvalue weighted by atomic mass is 15.0. The monoisotopic (exact) mass is 765 g/mol. The van der Waals surface area contributed by atoms with Gasteiger partial charge in [0, 0.05) is 38.6 Å². The van der Waals surface area contributed by atoms with Crippen molar-refractivity contribution in [2.45, 2.75) is 19.3 Å². The van der Waals surface area contributed by atoms with E-state index in [0.717, 1.165) is 44.7 Å². The third kappa shape index (κ3) is 5.22. The summed E-state index contributed by atoms with van der Waals surface area (Å²) in [6, 6.07) is 72.4. The number of fused-ring (bicyclic) bond motifs is 8. The maximum atomic E-state index is 5.33. The van der Waals surface area contributed by atoms with Gasteiger partial charge in [-0.15, -0.1) is 0 Å². The second-order valence-electron chi connectivity index (χ2n) is 16.6. The van der Waals surface area contributed by atoms with Crippen LogP contribution in [-0.2, 0) is 5.41 Å². The van der Waals surface area contributed by atoms with Gasteiger partial charge in [0.2, 0.25) is 0 Å². The Balaban J connectivity index is 1.06. The first kappa shape index (κ1) is 34.4. The average Bonchev–Trinajstić information content (AvgIpc) is 3.75. The second kappa shape index (κ2) is 13.2. The molecule has 0 bridgehead atoms. The Hall–Kier alpha value is -7.62. The summed E-state index contributed by atoms with van der Waals surface area (Å²) in [7, 11) is 0. The van der Waals surface area contributed by atoms with Crippen LogP contribution in [0.1, 0.15) is 25.0 Å². The van der Waals surface area contributed by atoms with E-state index in [-0.39, 0.29) is 5.41 Å². The van der Waals surface area contributed by atoms with Crippen LogP contribution in [-0.4, -0.2) is 14.5 Å². The minimum Gasteiger partial charge on any atom is -0.309 e. The molecule has 0 radical (unpaired) electrons. The number of hydrogen-bond acceptors (Lipinski definition) is 2. The van der Waals surface area contributed by atoms with Crippen LogP contribution in [0, 0.1) is 0 Å². The Kier molecular flexibility index (Phi) is 7.58. The van der Waals surface area contributed by atoms with Crippen molar-refractivity contribution in [3.63, 3.8) is 0 Å². The zero-order chi connectivity index (χ0) is 40.0. The van der Waals surface area contributed by atoms with Gasteiger partial charge in [-0.05, 0) is 97.4 Å². The minimum absolute atomic E-state index is 0.121. The molecule has 0 spiro atoms. The van der Waals surface area contributed by atoms with Gasteiger partial charge >= 0.3 is 0 Å². The van der Waals surface area contributed by atoms with E-state index in [4.69, 9.17) is 9.97 Å². The second-order valence-corrected chi connectivity index (χ2v) is 16.6. The lowest BCUT2D eigenvalue weighted by molar-refractivity contribution is 0.661. The Bertz CT molecular complexity index is 3500. The van der Waals surface area contributed by atoms with Crippen molar-refractivity contribution < 1.29 is 0 Å². The normalized spacial score (nSPS) is 13.0. The first-order chi connectivity index (χ1) is 29.5. The van der Waals surface area contributed by atoms with Crippen LogP contribution < -0.4 is 0 Å². The molecule has 0 N–H and O–H groups in total. The van der Waals surface area contributed by atoms with Crippen molar-refractivity contribution >= 4 is 43.4 Å². The molecular weight excluding hydrogens is 727 g/mol. The number of nitrogens with zero attached hydrogens (tertiary/aromatic N) is 3. The van der Waals surface area contributed by atoms with E-state index in [9.17, 15) is 0 Å². The van der Waals surface area contributed by atoms with Gasteiger partial charge in [-0.3, -0.25) is 0 Å². The summed E-state index contributed by atoms with van der Waals surface area (Å²) in [5, 5.41) is 7.35. The van der Waals surface area contributed by atoms with Crippen molar-refractivity contribution in [3.05, 3.63) is 211 Å². The molecule has 1 aliphatic rings. The predicted molar refractivity (Wildman–Crippen MR) is 251 cm³/mol. The third-order valence-corrected chi connectivity index (χ3v) is 12.8. The van der Waals surface area contributed by atoms with Crippen molar-refractivity contribution in [3.8, 4) is 61.8 Å². The lowest BCUT2D eigenvalue weighted by Crippen LogP contribution is -2.14. The summed E-state index contributed by atoms with van der Waals surface area (Å²) in [4.78, 5) is 10.6. The molecule has 60 heavy (non-hydrogen) atoms. The maximum Gasteiger partial charge on any atom is 0.160 e. The van der Waals surface area contributed by atoms with Gasteiger partial charge in [0.25, 0.3) is 0 Å². The van der Waals surface area contributed by atoms with Gasteiger partial charge in [0.1, 0.15) is 0 Å². The number of hydrogen-bond donors (Lipinski definition) is 0. The molecule has 1 aliphatic carbocycles. The largest absolute Gasteiger partial charge is 0.309 e. The third-order valence-electron chi connectivity index (χ3n) is 12.8. The first-order valence-electron chi connectivity index (χ1n) is 20.7.